The van der Waals surface area contributed by atoms with Crippen LogP contribution in [0, 0.1) is 0 Å². The highest BCUT2D eigenvalue weighted by molar-refractivity contribution is 5.94. The maximum atomic E-state index is 12.7. The molecule has 1 atom stereocenters. The van der Waals surface area contributed by atoms with Gasteiger partial charge in [-0.05, 0) is 47.5 Å². The number of rotatable bonds is 8. The summed E-state index contributed by atoms with van der Waals surface area (Å²) in [6.07, 6.45) is 8.24. The van der Waals surface area contributed by atoms with Crippen LogP contribution in [0.15, 0.2) is 61.1 Å². The first kappa shape index (κ1) is 21.7. The van der Waals surface area contributed by atoms with E-state index in [1.807, 2.05) is 36.4 Å². The Balaban J connectivity index is 1.47. The Labute approximate surface area is 189 Å². The highest BCUT2D eigenvalue weighted by Gasteiger charge is 2.20. The fourth-order valence-electron chi connectivity index (χ4n) is 3.26. The van der Waals surface area contributed by atoms with Gasteiger partial charge in [-0.15, -0.1) is 0 Å². The lowest BCUT2D eigenvalue weighted by Gasteiger charge is -2.17. The summed E-state index contributed by atoms with van der Waals surface area (Å²) >= 11 is 0. The molecule has 0 aromatic carbocycles. The number of carboxylic acid groups (broad SMARTS) is 1. The molecular weight excluding hydrogens is 422 g/mol. The van der Waals surface area contributed by atoms with E-state index in [9.17, 15) is 14.7 Å². The first-order valence-electron chi connectivity index (χ1n) is 10.1. The third-order valence-electron chi connectivity index (χ3n) is 4.94. The molecule has 4 heterocycles. The fraction of sp³-hybridized carbons (Fsp3) is 0.125. The molecular formula is C24H21N5O4. The molecule has 0 saturated carbocycles. The van der Waals surface area contributed by atoms with E-state index in [-0.39, 0.29) is 6.42 Å². The molecule has 4 rings (SSSR count). The Morgan fingerprint density at radius 1 is 1.18 bits per heavy atom. The summed E-state index contributed by atoms with van der Waals surface area (Å²) in [6, 6.07) is 11.9. The predicted molar refractivity (Wildman–Crippen MR) is 123 cm³/mol. The second-order valence-electron chi connectivity index (χ2n) is 7.22. The van der Waals surface area contributed by atoms with Crippen molar-refractivity contribution in [3.63, 3.8) is 0 Å². The Bertz CT molecular complexity index is 1310. The number of methoxy groups -OCH3 is 1. The predicted octanol–water partition coefficient (Wildman–Crippen LogP) is 3.48. The van der Waals surface area contributed by atoms with Crippen LogP contribution in [0.4, 0.5) is 0 Å². The van der Waals surface area contributed by atoms with Crippen molar-refractivity contribution in [1.29, 1.82) is 0 Å². The number of pyridine rings is 3. The molecule has 1 amide bonds. The molecule has 0 aliphatic rings. The summed E-state index contributed by atoms with van der Waals surface area (Å²) in [4.78, 5) is 39.8. The summed E-state index contributed by atoms with van der Waals surface area (Å²) in [5, 5.41) is 13.0. The number of fused-ring (bicyclic) bond motifs is 1. The molecule has 0 bridgehead atoms. The summed E-state index contributed by atoms with van der Waals surface area (Å²) in [6.45, 7) is 0. The monoisotopic (exact) mass is 443 g/mol. The normalized spacial score (nSPS) is 12.0. The Morgan fingerprint density at radius 3 is 2.82 bits per heavy atom. The lowest BCUT2D eigenvalue weighted by Crippen LogP contribution is -2.30. The van der Waals surface area contributed by atoms with Gasteiger partial charge in [-0.3, -0.25) is 9.59 Å². The van der Waals surface area contributed by atoms with E-state index in [4.69, 9.17) is 4.74 Å². The Morgan fingerprint density at radius 2 is 2.06 bits per heavy atom. The van der Waals surface area contributed by atoms with Gasteiger partial charge in [-0.25, -0.2) is 15.0 Å². The molecule has 0 fully saturated rings. The summed E-state index contributed by atoms with van der Waals surface area (Å²) in [7, 11) is 1.49. The second-order valence-corrected chi connectivity index (χ2v) is 7.22. The van der Waals surface area contributed by atoms with Crippen molar-refractivity contribution in [2.75, 3.05) is 7.11 Å². The number of carbonyl (C=O) groups is 2. The van der Waals surface area contributed by atoms with Crippen molar-refractivity contribution in [2.45, 2.75) is 12.5 Å². The molecule has 0 radical (unpaired) electrons. The number of carbonyl (C=O) groups excluding carboxylic acids is 1. The summed E-state index contributed by atoms with van der Waals surface area (Å²) < 4.78 is 5.03. The molecule has 9 nitrogen and oxygen atoms in total. The summed E-state index contributed by atoms with van der Waals surface area (Å²) in [5.41, 5.74) is 3.03. The quantitative estimate of drug-likeness (QED) is 0.380. The van der Waals surface area contributed by atoms with E-state index in [1.54, 1.807) is 30.6 Å². The van der Waals surface area contributed by atoms with E-state index in [2.05, 4.69) is 25.3 Å². The molecule has 4 aromatic heterocycles. The van der Waals surface area contributed by atoms with E-state index in [1.165, 1.54) is 13.3 Å². The first-order valence-corrected chi connectivity index (χ1v) is 10.1. The Kier molecular flexibility index (Phi) is 6.40. The van der Waals surface area contributed by atoms with Gasteiger partial charge >= 0.3 is 5.97 Å². The number of nitrogens with zero attached hydrogens (tertiary/aromatic N) is 3. The topological polar surface area (TPSA) is 130 Å². The maximum Gasteiger partial charge on any atom is 0.305 e. The molecule has 3 N–H and O–H groups in total. The molecule has 0 spiro atoms. The molecule has 166 valence electrons. The van der Waals surface area contributed by atoms with Crippen molar-refractivity contribution in [2.24, 2.45) is 0 Å². The average molecular weight is 443 g/mol. The van der Waals surface area contributed by atoms with Crippen LogP contribution in [0.25, 0.3) is 23.2 Å². The molecule has 0 aliphatic heterocycles. The SMILES string of the molecule is COc1ccc([C@H](CC(=O)O)NC(=O)c2cc(/C=C/c3ccc4cccnc4n3)c[nH]2)cn1. The van der Waals surface area contributed by atoms with Crippen LogP contribution in [0.3, 0.4) is 0 Å². The maximum absolute atomic E-state index is 12.7. The number of H-pyrrole nitrogens is 1. The third kappa shape index (κ3) is 5.40. The number of hydrogen-bond donors (Lipinski definition) is 3. The Hall–Kier alpha value is -4.53. The van der Waals surface area contributed by atoms with Crippen molar-refractivity contribution in [3.05, 3.63) is 83.6 Å². The lowest BCUT2D eigenvalue weighted by molar-refractivity contribution is -0.137. The largest absolute Gasteiger partial charge is 0.481 e. The van der Waals surface area contributed by atoms with Crippen molar-refractivity contribution < 1.29 is 19.4 Å². The third-order valence-corrected chi connectivity index (χ3v) is 4.94. The van der Waals surface area contributed by atoms with Gasteiger partial charge < -0.3 is 20.1 Å². The fourth-order valence-corrected chi connectivity index (χ4v) is 3.26. The minimum Gasteiger partial charge on any atom is -0.481 e. The molecule has 0 saturated heterocycles. The smallest absolute Gasteiger partial charge is 0.305 e. The number of amides is 1. The van der Waals surface area contributed by atoms with Crippen LogP contribution in [0.2, 0.25) is 0 Å². The van der Waals surface area contributed by atoms with Crippen molar-refractivity contribution in [1.82, 2.24) is 25.3 Å². The summed E-state index contributed by atoms with van der Waals surface area (Å²) in [5.74, 6) is -1.06. The number of ether oxygens (including phenoxy) is 1. The van der Waals surface area contributed by atoms with Gasteiger partial charge in [0.1, 0.15) is 5.69 Å². The minimum atomic E-state index is -1.04. The van der Waals surface area contributed by atoms with Crippen LogP contribution >= 0.6 is 0 Å². The van der Waals surface area contributed by atoms with Crippen LogP contribution in [-0.4, -0.2) is 44.0 Å². The zero-order chi connectivity index (χ0) is 23.2. The van der Waals surface area contributed by atoms with Crippen LogP contribution < -0.4 is 10.1 Å². The first-order chi connectivity index (χ1) is 16.0. The molecule has 9 heteroatoms. The van der Waals surface area contributed by atoms with Gasteiger partial charge in [0.2, 0.25) is 5.88 Å². The lowest BCUT2D eigenvalue weighted by atomic mass is 10.1. The molecule has 33 heavy (non-hydrogen) atoms. The number of aromatic amines is 1. The highest BCUT2D eigenvalue weighted by atomic mass is 16.5. The average Bonchev–Trinajstić information content (AvgIpc) is 3.31. The van der Waals surface area contributed by atoms with Gasteiger partial charge in [-0.2, -0.15) is 0 Å². The van der Waals surface area contributed by atoms with E-state index in [0.29, 0.717) is 22.8 Å². The zero-order valence-corrected chi connectivity index (χ0v) is 17.7. The van der Waals surface area contributed by atoms with E-state index < -0.39 is 17.9 Å². The van der Waals surface area contributed by atoms with Gasteiger partial charge in [-0.1, -0.05) is 12.1 Å². The van der Waals surface area contributed by atoms with Gasteiger partial charge in [0.05, 0.1) is 25.3 Å². The molecule has 0 aliphatic carbocycles. The zero-order valence-electron chi connectivity index (χ0n) is 17.7. The number of nitrogens with one attached hydrogen (secondary N) is 2. The molecule has 0 unspecified atom stereocenters. The van der Waals surface area contributed by atoms with Crippen LogP contribution in [0.5, 0.6) is 5.88 Å². The molecule has 4 aromatic rings. The minimum absolute atomic E-state index is 0.283. The van der Waals surface area contributed by atoms with Crippen molar-refractivity contribution in [3.8, 4) is 5.88 Å². The number of aromatic nitrogens is 4. The highest BCUT2D eigenvalue weighted by Crippen LogP contribution is 2.19. The van der Waals surface area contributed by atoms with Gasteiger partial charge in [0.15, 0.2) is 5.65 Å². The van der Waals surface area contributed by atoms with E-state index >= 15 is 0 Å². The van der Waals surface area contributed by atoms with E-state index in [0.717, 1.165) is 16.6 Å². The van der Waals surface area contributed by atoms with Gasteiger partial charge in [0, 0.05) is 30.0 Å². The number of aliphatic carboxylic acids is 1. The van der Waals surface area contributed by atoms with Crippen molar-refractivity contribution >= 4 is 35.1 Å². The van der Waals surface area contributed by atoms with Gasteiger partial charge in [0.25, 0.3) is 5.91 Å². The number of carboxylic acids is 1. The second kappa shape index (κ2) is 9.73. The number of hydrogen-bond acceptors (Lipinski definition) is 6. The standard InChI is InChI=1S/C24H21N5O4/c1-33-21-9-6-17(14-27-21)19(12-22(30)31)29-24(32)20-11-15(13-26-20)4-7-18-8-5-16-3-2-10-25-23(16)28-18/h2-11,13-14,19,26H,12H2,1H3,(H,29,32)(H,30,31)/b7-4+/t19-/m0/s1. The van der Waals surface area contributed by atoms with Crippen LogP contribution in [0.1, 0.15) is 39.8 Å². The van der Waals surface area contributed by atoms with Crippen LogP contribution in [-0.2, 0) is 4.79 Å².